The van der Waals surface area contributed by atoms with Crippen molar-refractivity contribution in [3.8, 4) is 17.1 Å². The van der Waals surface area contributed by atoms with E-state index < -0.39 is 15.3 Å². The number of amides is 1. The largest absolute Gasteiger partial charge is 0.497 e. The van der Waals surface area contributed by atoms with Crippen LogP contribution < -0.4 is 10.1 Å². The lowest BCUT2D eigenvalue weighted by atomic mass is 10.2. The van der Waals surface area contributed by atoms with E-state index in [1.807, 2.05) is 35.9 Å². The van der Waals surface area contributed by atoms with Gasteiger partial charge in [-0.15, -0.1) is 10.2 Å². The molecule has 0 saturated carbocycles. The summed E-state index contributed by atoms with van der Waals surface area (Å²) in [6.07, 6.45) is 0. The van der Waals surface area contributed by atoms with E-state index in [-0.39, 0.29) is 10.8 Å². The monoisotopic (exact) mass is 475 g/mol. The predicted molar refractivity (Wildman–Crippen MR) is 124 cm³/mol. The molecule has 1 atom stereocenters. The number of hydrogen-bond donors (Lipinski definition) is 1. The highest BCUT2D eigenvalue weighted by molar-refractivity contribution is 8.00. The van der Waals surface area contributed by atoms with Gasteiger partial charge in [-0.2, -0.15) is 0 Å². The average molecular weight is 476 g/mol. The van der Waals surface area contributed by atoms with Crippen molar-refractivity contribution in [2.24, 2.45) is 7.05 Å². The Morgan fingerprint density at radius 3 is 2.56 bits per heavy atom. The Morgan fingerprint density at radius 1 is 1.16 bits per heavy atom. The fraction of sp³-hybridized carbons (Fsp3) is 0.286. The lowest BCUT2D eigenvalue weighted by Crippen LogP contribution is -2.24. The standard InChI is InChI=1S/C21H25N5O4S2/c1-14(20(27)22-16-9-7-11-18(13-16)32(28,29)25(2)3)31-21-24-23-19(26(21)4)15-8-6-10-17(12-15)30-5/h6-14H,1-5H3,(H,22,27). The molecule has 1 N–H and O–H groups in total. The van der Waals surface area contributed by atoms with E-state index in [0.717, 1.165) is 9.87 Å². The molecule has 170 valence electrons. The molecule has 9 nitrogen and oxygen atoms in total. The molecule has 0 bridgehead atoms. The molecule has 0 aliphatic rings. The van der Waals surface area contributed by atoms with Crippen LogP contribution in [0.25, 0.3) is 11.4 Å². The first kappa shape index (κ1) is 23.8. The van der Waals surface area contributed by atoms with Gasteiger partial charge < -0.3 is 14.6 Å². The Bertz CT molecular complexity index is 1220. The number of benzene rings is 2. The van der Waals surface area contributed by atoms with E-state index in [1.54, 1.807) is 26.2 Å². The highest BCUT2D eigenvalue weighted by Gasteiger charge is 2.21. The summed E-state index contributed by atoms with van der Waals surface area (Å²) in [6.45, 7) is 1.75. The molecule has 0 aliphatic carbocycles. The molecule has 0 radical (unpaired) electrons. The van der Waals surface area contributed by atoms with Gasteiger partial charge in [0.25, 0.3) is 0 Å². The molecule has 2 aromatic carbocycles. The second-order valence-corrected chi connectivity index (χ2v) is 10.6. The van der Waals surface area contributed by atoms with Gasteiger partial charge in [-0.05, 0) is 37.3 Å². The first-order valence-electron chi connectivity index (χ1n) is 9.67. The molecule has 1 amide bonds. The summed E-state index contributed by atoms with van der Waals surface area (Å²) < 4.78 is 32.9. The van der Waals surface area contributed by atoms with Crippen LogP contribution in [0.2, 0.25) is 0 Å². The maximum atomic E-state index is 12.7. The van der Waals surface area contributed by atoms with Crippen LogP contribution in [-0.2, 0) is 21.9 Å². The summed E-state index contributed by atoms with van der Waals surface area (Å²) in [4.78, 5) is 12.8. The number of aromatic nitrogens is 3. The zero-order valence-electron chi connectivity index (χ0n) is 18.4. The van der Waals surface area contributed by atoms with Gasteiger partial charge in [0.1, 0.15) is 5.75 Å². The van der Waals surface area contributed by atoms with Crippen LogP contribution in [0, 0.1) is 0 Å². The number of carbonyl (C=O) groups excluding carboxylic acids is 1. The summed E-state index contributed by atoms with van der Waals surface area (Å²) in [5, 5.41) is 11.3. The van der Waals surface area contributed by atoms with Crippen molar-refractivity contribution in [2.75, 3.05) is 26.5 Å². The van der Waals surface area contributed by atoms with E-state index in [2.05, 4.69) is 15.5 Å². The van der Waals surface area contributed by atoms with E-state index in [1.165, 1.54) is 38.0 Å². The SMILES string of the molecule is COc1cccc(-c2nnc(SC(C)C(=O)Nc3cccc(S(=O)(=O)N(C)C)c3)n2C)c1. The normalized spacial score (nSPS) is 12.6. The number of sulfonamides is 1. The van der Waals surface area contributed by atoms with Crippen LogP contribution in [0.3, 0.4) is 0 Å². The lowest BCUT2D eigenvalue weighted by Gasteiger charge is -2.14. The maximum absolute atomic E-state index is 12.7. The molecule has 0 fully saturated rings. The van der Waals surface area contributed by atoms with Crippen molar-refractivity contribution in [1.82, 2.24) is 19.1 Å². The van der Waals surface area contributed by atoms with Gasteiger partial charge in [0.2, 0.25) is 15.9 Å². The minimum Gasteiger partial charge on any atom is -0.497 e. The van der Waals surface area contributed by atoms with Crippen molar-refractivity contribution in [3.05, 3.63) is 48.5 Å². The third kappa shape index (κ3) is 5.12. The third-order valence-corrected chi connectivity index (χ3v) is 7.64. The molecule has 11 heteroatoms. The number of carbonyl (C=O) groups is 1. The van der Waals surface area contributed by atoms with Gasteiger partial charge in [0.15, 0.2) is 11.0 Å². The zero-order chi connectivity index (χ0) is 23.5. The molecule has 32 heavy (non-hydrogen) atoms. The second kappa shape index (κ2) is 9.72. The molecule has 1 unspecified atom stereocenters. The zero-order valence-corrected chi connectivity index (χ0v) is 20.1. The summed E-state index contributed by atoms with van der Waals surface area (Å²) in [5.41, 5.74) is 1.25. The molecule has 1 aromatic heterocycles. The Balaban J connectivity index is 1.73. The Hall–Kier alpha value is -2.89. The van der Waals surface area contributed by atoms with E-state index in [0.29, 0.717) is 22.4 Å². The summed E-state index contributed by atoms with van der Waals surface area (Å²) >= 11 is 1.26. The van der Waals surface area contributed by atoms with Crippen LogP contribution in [0.4, 0.5) is 5.69 Å². The highest BCUT2D eigenvalue weighted by atomic mass is 32.2. The quantitative estimate of drug-likeness (QED) is 0.499. The Morgan fingerprint density at radius 2 is 1.88 bits per heavy atom. The van der Waals surface area contributed by atoms with E-state index in [4.69, 9.17) is 4.74 Å². The number of methoxy groups -OCH3 is 1. The molecular weight excluding hydrogens is 450 g/mol. The predicted octanol–water partition coefficient (Wildman–Crippen LogP) is 2.86. The number of hydrogen-bond acceptors (Lipinski definition) is 7. The van der Waals surface area contributed by atoms with Crippen LogP contribution in [0.1, 0.15) is 6.92 Å². The smallest absolute Gasteiger partial charge is 0.242 e. The topological polar surface area (TPSA) is 106 Å². The third-order valence-electron chi connectivity index (χ3n) is 4.69. The van der Waals surface area contributed by atoms with Crippen molar-refractivity contribution in [2.45, 2.75) is 22.2 Å². The minimum atomic E-state index is -3.59. The van der Waals surface area contributed by atoms with E-state index >= 15 is 0 Å². The Labute approximate surface area is 191 Å². The van der Waals surface area contributed by atoms with E-state index in [9.17, 15) is 13.2 Å². The van der Waals surface area contributed by atoms with Gasteiger partial charge in [-0.3, -0.25) is 4.79 Å². The number of ether oxygens (including phenoxy) is 1. The van der Waals surface area contributed by atoms with Gasteiger partial charge >= 0.3 is 0 Å². The summed E-state index contributed by atoms with van der Waals surface area (Å²) in [6, 6.07) is 13.7. The molecule has 0 saturated heterocycles. The first-order valence-corrected chi connectivity index (χ1v) is 12.0. The fourth-order valence-corrected chi connectivity index (χ4v) is 4.59. The number of nitrogens with one attached hydrogen (secondary N) is 1. The number of nitrogens with zero attached hydrogens (tertiary/aromatic N) is 4. The van der Waals surface area contributed by atoms with Gasteiger partial charge in [0, 0.05) is 32.4 Å². The van der Waals surface area contributed by atoms with Crippen molar-refractivity contribution >= 4 is 33.4 Å². The van der Waals surface area contributed by atoms with Crippen LogP contribution in [-0.4, -0.2) is 59.8 Å². The lowest BCUT2D eigenvalue weighted by molar-refractivity contribution is -0.115. The van der Waals surface area contributed by atoms with Crippen molar-refractivity contribution in [1.29, 1.82) is 0 Å². The minimum absolute atomic E-state index is 0.108. The fourth-order valence-electron chi connectivity index (χ4n) is 2.83. The Kier molecular flexibility index (Phi) is 7.22. The molecule has 0 spiro atoms. The molecule has 3 aromatic rings. The molecular formula is C21H25N5O4S2. The van der Waals surface area contributed by atoms with Crippen LogP contribution in [0.5, 0.6) is 5.75 Å². The van der Waals surface area contributed by atoms with Gasteiger partial charge in [0.05, 0.1) is 17.3 Å². The average Bonchev–Trinajstić information content (AvgIpc) is 3.13. The number of thioether (sulfide) groups is 1. The summed E-state index contributed by atoms with van der Waals surface area (Å²) in [7, 11) is 2.76. The second-order valence-electron chi connectivity index (χ2n) is 7.16. The number of anilines is 1. The first-order chi connectivity index (χ1) is 15.1. The maximum Gasteiger partial charge on any atom is 0.242 e. The van der Waals surface area contributed by atoms with Gasteiger partial charge in [-0.25, -0.2) is 12.7 Å². The highest BCUT2D eigenvalue weighted by Crippen LogP contribution is 2.28. The van der Waals surface area contributed by atoms with Crippen molar-refractivity contribution < 1.29 is 17.9 Å². The van der Waals surface area contributed by atoms with Crippen LogP contribution >= 0.6 is 11.8 Å². The molecule has 3 rings (SSSR count). The molecule has 0 aliphatic heterocycles. The van der Waals surface area contributed by atoms with Gasteiger partial charge in [-0.1, -0.05) is 30.0 Å². The van der Waals surface area contributed by atoms with Crippen molar-refractivity contribution in [3.63, 3.8) is 0 Å². The summed E-state index contributed by atoms with van der Waals surface area (Å²) in [5.74, 6) is 1.09. The number of rotatable bonds is 8. The molecule has 1 heterocycles. The van der Waals surface area contributed by atoms with Crippen LogP contribution in [0.15, 0.2) is 58.6 Å².